The Bertz CT molecular complexity index is 527. The average Bonchev–Trinajstić information content (AvgIpc) is 2.60. The van der Waals surface area contributed by atoms with Gasteiger partial charge in [-0.25, -0.2) is 0 Å². The lowest BCUT2D eigenvalue weighted by Gasteiger charge is -2.05. The Balaban J connectivity index is 2.31. The molecule has 0 aromatic carbocycles. The third kappa shape index (κ3) is 2.40. The summed E-state index contributed by atoms with van der Waals surface area (Å²) in [4.78, 5) is 3.92. The normalized spacial score (nSPS) is 10.5. The summed E-state index contributed by atoms with van der Waals surface area (Å²) in [5, 5.41) is 4.66. The highest BCUT2D eigenvalue weighted by molar-refractivity contribution is 6.42. The second-order valence-electron chi connectivity index (χ2n) is 3.00. The van der Waals surface area contributed by atoms with E-state index in [4.69, 9.17) is 39.5 Å². The molecule has 0 spiro atoms. The molecule has 0 N–H and O–H groups in total. The molecular weight excluding hydrogens is 272 g/mol. The summed E-state index contributed by atoms with van der Waals surface area (Å²) in [5.41, 5.74) is 0. The molecule has 0 bridgehead atoms. The molecule has 0 amide bonds. The zero-order chi connectivity index (χ0) is 11.7. The predicted molar refractivity (Wildman–Crippen MR) is 62.5 cm³/mol. The summed E-state index contributed by atoms with van der Waals surface area (Å²) in [6.07, 6.45) is 3.22. The standard InChI is InChI=1S/C9H6Cl3N3O/c1-15-4-5(3-13-15)16-9-7(11)2-6(10)8(12)14-9/h2-4H,1H3. The number of ether oxygens (including phenoxy) is 1. The third-order valence-electron chi connectivity index (χ3n) is 1.75. The van der Waals surface area contributed by atoms with Crippen molar-refractivity contribution in [2.75, 3.05) is 0 Å². The molecule has 0 saturated carbocycles. The van der Waals surface area contributed by atoms with E-state index < -0.39 is 0 Å². The van der Waals surface area contributed by atoms with Crippen LogP contribution in [0.2, 0.25) is 15.2 Å². The molecule has 0 atom stereocenters. The minimum atomic E-state index is 0.143. The fraction of sp³-hybridized carbons (Fsp3) is 0.111. The predicted octanol–water partition coefficient (Wildman–Crippen LogP) is 3.57. The lowest BCUT2D eigenvalue weighted by atomic mass is 10.5. The zero-order valence-electron chi connectivity index (χ0n) is 8.12. The Morgan fingerprint density at radius 1 is 1.25 bits per heavy atom. The molecule has 2 rings (SSSR count). The first-order valence-electron chi connectivity index (χ1n) is 4.24. The van der Waals surface area contributed by atoms with Crippen LogP contribution in [0.1, 0.15) is 0 Å². The molecule has 2 aromatic heterocycles. The van der Waals surface area contributed by atoms with Crippen molar-refractivity contribution in [2.45, 2.75) is 0 Å². The molecule has 0 unspecified atom stereocenters. The van der Waals surface area contributed by atoms with Crippen molar-refractivity contribution in [1.82, 2.24) is 14.8 Å². The molecule has 7 heteroatoms. The molecule has 2 heterocycles. The van der Waals surface area contributed by atoms with Gasteiger partial charge in [-0.2, -0.15) is 10.1 Å². The Hall–Kier alpha value is -0.970. The van der Waals surface area contributed by atoms with E-state index in [1.54, 1.807) is 24.1 Å². The molecule has 0 radical (unpaired) electrons. The van der Waals surface area contributed by atoms with Gasteiger partial charge in [0.05, 0.1) is 17.4 Å². The molecule has 0 aliphatic heterocycles. The highest BCUT2D eigenvalue weighted by Crippen LogP contribution is 2.32. The van der Waals surface area contributed by atoms with Crippen molar-refractivity contribution in [3.63, 3.8) is 0 Å². The molecule has 0 saturated heterocycles. The van der Waals surface area contributed by atoms with Gasteiger partial charge in [-0.15, -0.1) is 0 Å². The van der Waals surface area contributed by atoms with Gasteiger partial charge < -0.3 is 4.74 Å². The van der Waals surface area contributed by atoms with Crippen LogP contribution in [0.15, 0.2) is 18.5 Å². The van der Waals surface area contributed by atoms with E-state index in [9.17, 15) is 0 Å². The lowest BCUT2D eigenvalue weighted by Crippen LogP contribution is -1.89. The van der Waals surface area contributed by atoms with Gasteiger partial charge in [0, 0.05) is 7.05 Å². The first kappa shape index (κ1) is 11.5. The largest absolute Gasteiger partial charge is 0.434 e. The minimum Gasteiger partial charge on any atom is -0.434 e. The molecule has 16 heavy (non-hydrogen) atoms. The number of halogens is 3. The van der Waals surface area contributed by atoms with E-state index in [0.29, 0.717) is 10.8 Å². The molecule has 0 aliphatic carbocycles. The topological polar surface area (TPSA) is 39.9 Å². The molecule has 2 aromatic rings. The monoisotopic (exact) mass is 277 g/mol. The van der Waals surface area contributed by atoms with Crippen LogP contribution in [0.3, 0.4) is 0 Å². The van der Waals surface area contributed by atoms with Crippen molar-refractivity contribution in [3.05, 3.63) is 33.7 Å². The van der Waals surface area contributed by atoms with Crippen molar-refractivity contribution in [2.24, 2.45) is 7.05 Å². The maximum Gasteiger partial charge on any atom is 0.239 e. The van der Waals surface area contributed by atoms with Crippen molar-refractivity contribution in [3.8, 4) is 11.6 Å². The quantitative estimate of drug-likeness (QED) is 0.789. The van der Waals surface area contributed by atoms with Gasteiger partial charge in [0.1, 0.15) is 5.02 Å². The number of hydrogen-bond acceptors (Lipinski definition) is 3. The molecule has 84 valence electrons. The van der Waals surface area contributed by atoms with E-state index in [2.05, 4.69) is 10.1 Å². The fourth-order valence-electron chi connectivity index (χ4n) is 1.06. The van der Waals surface area contributed by atoms with Gasteiger partial charge in [-0.05, 0) is 6.07 Å². The Morgan fingerprint density at radius 3 is 2.62 bits per heavy atom. The van der Waals surface area contributed by atoms with E-state index in [0.717, 1.165) is 0 Å². The molecule has 0 fully saturated rings. The summed E-state index contributed by atoms with van der Waals surface area (Å²) in [5.74, 6) is 0.722. The minimum absolute atomic E-state index is 0.143. The first-order valence-corrected chi connectivity index (χ1v) is 5.37. The Morgan fingerprint density at radius 2 is 2.00 bits per heavy atom. The highest BCUT2D eigenvalue weighted by atomic mass is 35.5. The number of aryl methyl sites for hydroxylation is 1. The summed E-state index contributed by atoms with van der Waals surface area (Å²) >= 11 is 17.4. The summed E-state index contributed by atoms with van der Waals surface area (Å²) < 4.78 is 6.99. The van der Waals surface area contributed by atoms with Crippen LogP contribution in [0.5, 0.6) is 11.6 Å². The lowest BCUT2D eigenvalue weighted by molar-refractivity contribution is 0.463. The molecular formula is C9H6Cl3N3O. The van der Waals surface area contributed by atoms with Crippen LogP contribution in [0, 0.1) is 0 Å². The molecule has 0 aliphatic rings. The second-order valence-corrected chi connectivity index (χ2v) is 4.17. The van der Waals surface area contributed by atoms with Crippen LogP contribution in [-0.4, -0.2) is 14.8 Å². The number of pyridine rings is 1. The van der Waals surface area contributed by atoms with Crippen molar-refractivity contribution in [1.29, 1.82) is 0 Å². The first-order chi connectivity index (χ1) is 7.56. The smallest absolute Gasteiger partial charge is 0.239 e. The number of aromatic nitrogens is 3. The van der Waals surface area contributed by atoms with Gasteiger partial charge in [0.25, 0.3) is 0 Å². The zero-order valence-corrected chi connectivity index (χ0v) is 10.4. The Labute approximate surface area is 107 Å². The van der Waals surface area contributed by atoms with Crippen molar-refractivity contribution < 1.29 is 4.74 Å². The van der Waals surface area contributed by atoms with E-state index in [-0.39, 0.29) is 16.1 Å². The SMILES string of the molecule is Cn1cc(Oc2nc(Cl)c(Cl)cc2Cl)cn1. The van der Waals surface area contributed by atoms with Gasteiger partial charge in [-0.3, -0.25) is 4.68 Å². The van der Waals surface area contributed by atoms with E-state index in [1.165, 1.54) is 6.07 Å². The summed E-state index contributed by atoms with van der Waals surface area (Å²) in [7, 11) is 1.77. The van der Waals surface area contributed by atoms with Crippen molar-refractivity contribution >= 4 is 34.8 Å². The molecule has 4 nitrogen and oxygen atoms in total. The van der Waals surface area contributed by atoms with Crippen LogP contribution < -0.4 is 4.74 Å². The fourth-order valence-corrected chi connectivity index (χ4v) is 1.59. The highest BCUT2D eigenvalue weighted by Gasteiger charge is 2.10. The summed E-state index contributed by atoms with van der Waals surface area (Å²) in [6.45, 7) is 0. The van der Waals surface area contributed by atoms with E-state index >= 15 is 0 Å². The van der Waals surface area contributed by atoms with Crippen LogP contribution >= 0.6 is 34.8 Å². The average molecular weight is 279 g/mol. The number of rotatable bonds is 2. The van der Waals surface area contributed by atoms with Gasteiger partial charge in [0.2, 0.25) is 5.88 Å². The maximum atomic E-state index is 5.90. The van der Waals surface area contributed by atoms with Gasteiger partial charge in [-0.1, -0.05) is 34.8 Å². The maximum absolute atomic E-state index is 5.90. The third-order valence-corrected chi connectivity index (χ3v) is 2.69. The number of hydrogen-bond donors (Lipinski definition) is 0. The summed E-state index contributed by atoms with van der Waals surface area (Å²) in [6, 6.07) is 1.48. The van der Waals surface area contributed by atoms with Crippen LogP contribution in [0.4, 0.5) is 0 Å². The van der Waals surface area contributed by atoms with Crippen LogP contribution in [0.25, 0.3) is 0 Å². The van der Waals surface area contributed by atoms with Gasteiger partial charge in [0.15, 0.2) is 10.9 Å². The Kier molecular flexibility index (Phi) is 3.23. The number of nitrogens with zero attached hydrogens (tertiary/aromatic N) is 3. The van der Waals surface area contributed by atoms with Gasteiger partial charge >= 0.3 is 0 Å². The van der Waals surface area contributed by atoms with Crippen LogP contribution in [-0.2, 0) is 7.05 Å². The van der Waals surface area contributed by atoms with E-state index in [1.807, 2.05) is 0 Å². The second kappa shape index (κ2) is 4.49.